The van der Waals surface area contributed by atoms with Gasteiger partial charge in [0.05, 0.1) is 5.41 Å². The van der Waals surface area contributed by atoms with Crippen molar-refractivity contribution in [3.8, 4) is 0 Å². The quantitative estimate of drug-likeness (QED) is 0.587. The number of anilines is 1. The van der Waals surface area contributed by atoms with Crippen molar-refractivity contribution in [1.82, 2.24) is 15.8 Å². The number of para-hydroxylation sites is 1. The SMILES string of the molecule is CC1(C(=O)NNC(=O)CCN2CCN(c3ccccc3)CC2)CC1(Cl)Cl. The van der Waals surface area contributed by atoms with E-state index in [1.54, 1.807) is 6.92 Å². The van der Waals surface area contributed by atoms with Crippen LogP contribution in [-0.4, -0.2) is 53.8 Å². The lowest BCUT2D eigenvalue weighted by Gasteiger charge is -2.36. The van der Waals surface area contributed by atoms with Crippen molar-refractivity contribution in [3.63, 3.8) is 0 Å². The van der Waals surface area contributed by atoms with Gasteiger partial charge in [-0.2, -0.15) is 0 Å². The largest absolute Gasteiger partial charge is 0.369 e. The molecule has 6 nitrogen and oxygen atoms in total. The molecule has 1 heterocycles. The first-order valence-corrected chi connectivity index (χ1v) is 9.57. The van der Waals surface area contributed by atoms with Gasteiger partial charge in [-0.1, -0.05) is 18.2 Å². The second-order valence-electron chi connectivity index (χ2n) is 7.13. The highest BCUT2D eigenvalue weighted by Gasteiger charge is 2.68. The minimum Gasteiger partial charge on any atom is -0.369 e. The van der Waals surface area contributed by atoms with Gasteiger partial charge in [-0.05, 0) is 25.5 Å². The second kappa shape index (κ2) is 7.62. The lowest BCUT2D eigenvalue weighted by atomic mass is 10.1. The van der Waals surface area contributed by atoms with Crippen LogP contribution in [0.4, 0.5) is 5.69 Å². The minimum absolute atomic E-state index is 0.220. The third-order valence-electron chi connectivity index (χ3n) is 5.22. The number of hydrogen-bond acceptors (Lipinski definition) is 4. The Hall–Kier alpha value is -1.50. The average Bonchev–Trinajstić information content (AvgIpc) is 3.18. The zero-order chi connectivity index (χ0) is 18.8. The number of piperazine rings is 1. The van der Waals surface area contributed by atoms with Crippen LogP contribution in [0.5, 0.6) is 0 Å². The van der Waals surface area contributed by atoms with Crippen LogP contribution in [0.15, 0.2) is 30.3 Å². The molecule has 8 heteroatoms. The standard InChI is InChI=1S/C18H24Cl2N4O2/c1-17(13-18(17,19)20)16(26)22-21-15(25)7-8-23-9-11-24(12-10-23)14-5-3-2-4-6-14/h2-6H,7-13H2,1H3,(H,21,25)(H,22,26). The molecule has 2 amide bonds. The fourth-order valence-electron chi connectivity index (χ4n) is 3.10. The molecule has 1 saturated heterocycles. The van der Waals surface area contributed by atoms with Gasteiger partial charge in [-0.25, -0.2) is 0 Å². The highest BCUT2D eigenvalue weighted by molar-refractivity contribution is 6.53. The Morgan fingerprint density at radius 3 is 2.27 bits per heavy atom. The Morgan fingerprint density at radius 2 is 1.69 bits per heavy atom. The van der Waals surface area contributed by atoms with Gasteiger partial charge in [0.2, 0.25) is 11.8 Å². The number of carbonyl (C=O) groups is 2. The lowest BCUT2D eigenvalue weighted by molar-refractivity contribution is -0.131. The number of alkyl halides is 2. The molecule has 142 valence electrons. The number of rotatable bonds is 5. The summed E-state index contributed by atoms with van der Waals surface area (Å²) < 4.78 is -1.04. The number of amides is 2. The van der Waals surface area contributed by atoms with E-state index in [0.29, 0.717) is 19.4 Å². The summed E-state index contributed by atoms with van der Waals surface area (Å²) in [5, 5.41) is 0. The summed E-state index contributed by atoms with van der Waals surface area (Å²) >= 11 is 11.9. The fraction of sp³-hybridized carbons (Fsp3) is 0.556. The van der Waals surface area contributed by atoms with Crippen LogP contribution < -0.4 is 15.8 Å². The molecule has 1 aromatic carbocycles. The van der Waals surface area contributed by atoms with Crippen LogP contribution in [0, 0.1) is 5.41 Å². The summed E-state index contributed by atoms with van der Waals surface area (Å²) in [4.78, 5) is 28.6. The smallest absolute Gasteiger partial charge is 0.247 e. The van der Waals surface area contributed by atoms with E-state index in [4.69, 9.17) is 23.2 Å². The number of hydrogen-bond donors (Lipinski definition) is 2. The first-order valence-electron chi connectivity index (χ1n) is 8.81. The van der Waals surface area contributed by atoms with E-state index < -0.39 is 9.75 Å². The molecule has 1 aliphatic heterocycles. The maximum Gasteiger partial charge on any atom is 0.247 e. The summed E-state index contributed by atoms with van der Waals surface area (Å²) in [6, 6.07) is 10.3. The molecule has 0 radical (unpaired) electrons. The van der Waals surface area contributed by atoms with E-state index in [2.05, 4.69) is 32.8 Å². The molecule has 2 aliphatic rings. The van der Waals surface area contributed by atoms with E-state index in [9.17, 15) is 9.59 Å². The van der Waals surface area contributed by atoms with Crippen molar-refractivity contribution in [3.05, 3.63) is 30.3 Å². The number of nitrogens with one attached hydrogen (secondary N) is 2. The molecule has 0 bridgehead atoms. The van der Waals surface area contributed by atoms with Crippen molar-refractivity contribution < 1.29 is 9.59 Å². The summed E-state index contributed by atoms with van der Waals surface area (Å²) in [6.45, 7) is 6.04. The predicted octanol–water partition coefficient (Wildman–Crippen LogP) is 1.93. The number of halogens is 2. The number of hydrazine groups is 1. The zero-order valence-corrected chi connectivity index (χ0v) is 16.3. The molecule has 1 aromatic rings. The fourth-order valence-corrected chi connectivity index (χ4v) is 3.81. The van der Waals surface area contributed by atoms with Crippen LogP contribution in [0.1, 0.15) is 19.8 Å². The maximum atomic E-state index is 12.0. The predicted molar refractivity (Wildman–Crippen MR) is 103 cm³/mol. The molecular formula is C18H24Cl2N4O2. The van der Waals surface area contributed by atoms with Gasteiger partial charge in [0, 0.05) is 44.8 Å². The molecule has 1 unspecified atom stereocenters. The van der Waals surface area contributed by atoms with Crippen molar-refractivity contribution in [2.24, 2.45) is 5.41 Å². The molecule has 0 aromatic heterocycles. The number of nitrogens with zero attached hydrogens (tertiary/aromatic N) is 2. The first-order chi connectivity index (χ1) is 12.3. The van der Waals surface area contributed by atoms with Crippen LogP contribution >= 0.6 is 23.2 Å². The number of benzene rings is 1. The topological polar surface area (TPSA) is 64.7 Å². The Labute approximate surface area is 163 Å². The van der Waals surface area contributed by atoms with E-state index in [1.807, 2.05) is 18.2 Å². The molecule has 0 spiro atoms. The summed E-state index contributed by atoms with van der Waals surface area (Å²) in [5.74, 6) is -0.574. The van der Waals surface area contributed by atoms with Crippen LogP contribution in [-0.2, 0) is 9.59 Å². The molecule has 1 saturated carbocycles. The van der Waals surface area contributed by atoms with Gasteiger partial charge in [0.15, 0.2) is 0 Å². The monoisotopic (exact) mass is 398 g/mol. The van der Waals surface area contributed by atoms with Gasteiger partial charge in [-0.3, -0.25) is 25.3 Å². The van der Waals surface area contributed by atoms with E-state index in [1.165, 1.54) is 5.69 Å². The highest BCUT2D eigenvalue weighted by atomic mass is 35.5. The molecule has 1 atom stereocenters. The van der Waals surface area contributed by atoms with Gasteiger partial charge in [-0.15, -0.1) is 23.2 Å². The van der Waals surface area contributed by atoms with Gasteiger partial charge in [0.25, 0.3) is 0 Å². The number of carbonyl (C=O) groups excluding carboxylic acids is 2. The third kappa shape index (κ3) is 4.24. The van der Waals surface area contributed by atoms with Crippen molar-refractivity contribution >= 4 is 40.7 Å². The average molecular weight is 399 g/mol. The first kappa shape index (κ1) is 19.3. The zero-order valence-electron chi connectivity index (χ0n) is 14.8. The van der Waals surface area contributed by atoms with Gasteiger partial charge < -0.3 is 4.90 Å². The molecule has 26 heavy (non-hydrogen) atoms. The third-order valence-corrected chi connectivity index (χ3v) is 6.32. The molecule has 1 aliphatic carbocycles. The Bertz CT molecular complexity index is 662. The van der Waals surface area contributed by atoms with E-state index in [0.717, 1.165) is 26.2 Å². The van der Waals surface area contributed by atoms with Crippen molar-refractivity contribution in [2.75, 3.05) is 37.6 Å². The Balaban J connectivity index is 1.34. The van der Waals surface area contributed by atoms with Crippen LogP contribution in [0.25, 0.3) is 0 Å². The van der Waals surface area contributed by atoms with Crippen LogP contribution in [0.3, 0.4) is 0 Å². The normalized spacial score (nSPS) is 24.8. The summed E-state index contributed by atoms with van der Waals surface area (Å²) in [7, 11) is 0. The molecular weight excluding hydrogens is 375 g/mol. The van der Waals surface area contributed by atoms with Crippen LogP contribution in [0.2, 0.25) is 0 Å². The van der Waals surface area contributed by atoms with Crippen molar-refractivity contribution in [1.29, 1.82) is 0 Å². The van der Waals surface area contributed by atoms with E-state index >= 15 is 0 Å². The van der Waals surface area contributed by atoms with Gasteiger partial charge in [0.1, 0.15) is 4.33 Å². The van der Waals surface area contributed by atoms with Gasteiger partial charge >= 0.3 is 0 Å². The van der Waals surface area contributed by atoms with E-state index in [-0.39, 0.29) is 11.8 Å². The minimum atomic E-state index is -1.04. The Kier molecular flexibility index (Phi) is 5.65. The summed E-state index contributed by atoms with van der Waals surface area (Å²) in [5.41, 5.74) is 5.27. The lowest BCUT2D eigenvalue weighted by Crippen LogP contribution is -2.49. The highest BCUT2D eigenvalue weighted by Crippen LogP contribution is 2.63. The molecule has 2 fully saturated rings. The van der Waals surface area contributed by atoms with Crippen molar-refractivity contribution in [2.45, 2.75) is 24.1 Å². The molecule has 3 rings (SSSR count). The summed E-state index contributed by atoms with van der Waals surface area (Å²) in [6.07, 6.45) is 0.714. The molecule has 2 N–H and O–H groups in total. The Morgan fingerprint density at radius 1 is 1.08 bits per heavy atom. The second-order valence-corrected chi connectivity index (χ2v) is 8.61. The maximum absolute atomic E-state index is 12.0.